The van der Waals surface area contributed by atoms with Crippen LogP contribution in [0.1, 0.15) is 43.4 Å². The molecule has 4 heteroatoms. The second-order valence-corrected chi connectivity index (χ2v) is 10.4. The van der Waals surface area contributed by atoms with Crippen LogP contribution in [0.15, 0.2) is 116 Å². The topological polar surface area (TPSA) is 35.1 Å². The highest BCUT2D eigenvalue weighted by Crippen LogP contribution is 2.35. The van der Waals surface area contributed by atoms with Gasteiger partial charge in [0.1, 0.15) is 11.5 Å². The van der Waals surface area contributed by atoms with Crippen LogP contribution < -0.4 is 0 Å². The number of para-hydroxylation sites is 3. The standard InChI is InChI=1S/C38H30N4.C2H6/c1-5-13-35-25(4)39-37(41(35)29-14-9-8-10-15-29)27-20-18-26(19-21-27)28-22-23-31-30(6-2)34(7-3)42-36-17-12-11-16-33(36)40-38(42)32(31)24-28;1-2/h5-24H,2-3H2,1,4H3;1-2H3/b13-5-;. The van der Waals surface area contributed by atoms with E-state index in [0.717, 1.165) is 78.3 Å². The molecule has 0 N–H and O–H groups in total. The summed E-state index contributed by atoms with van der Waals surface area (Å²) in [7, 11) is 0. The van der Waals surface area contributed by atoms with E-state index in [1.165, 1.54) is 0 Å². The van der Waals surface area contributed by atoms with E-state index in [4.69, 9.17) is 9.97 Å². The molecule has 0 amide bonds. The van der Waals surface area contributed by atoms with Crippen LogP contribution in [0.25, 0.3) is 73.9 Å². The van der Waals surface area contributed by atoms with Gasteiger partial charge in [0.25, 0.3) is 0 Å². The molecule has 0 atom stereocenters. The number of allylic oxidation sites excluding steroid dienone is 1. The van der Waals surface area contributed by atoms with Crippen molar-refractivity contribution in [1.82, 2.24) is 18.9 Å². The summed E-state index contributed by atoms with van der Waals surface area (Å²) in [5.41, 5.74) is 11.5. The van der Waals surface area contributed by atoms with Crippen LogP contribution in [0.2, 0.25) is 0 Å². The highest BCUT2D eigenvalue weighted by atomic mass is 15.1. The van der Waals surface area contributed by atoms with Crippen LogP contribution in [0, 0.1) is 6.92 Å². The summed E-state index contributed by atoms with van der Waals surface area (Å²) >= 11 is 0. The summed E-state index contributed by atoms with van der Waals surface area (Å²) in [5, 5.41) is 2.19. The molecule has 0 bridgehead atoms. The summed E-state index contributed by atoms with van der Waals surface area (Å²) < 4.78 is 4.43. The molecule has 0 radical (unpaired) electrons. The van der Waals surface area contributed by atoms with Crippen molar-refractivity contribution in [3.05, 3.63) is 139 Å². The van der Waals surface area contributed by atoms with E-state index in [1.54, 1.807) is 0 Å². The average Bonchev–Trinajstić information content (AvgIpc) is 3.63. The number of pyridine rings is 1. The number of nitrogens with zero attached hydrogens (tertiary/aromatic N) is 4. The molecule has 0 spiro atoms. The molecule has 216 valence electrons. The predicted molar refractivity (Wildman–Crippen MR) is 189 cm³/mol. The van der Waals surface area contributed by atoms with Crippen molar-refractivity contribution in [3.63, 3.8) is 0 Å². The highest BCUT2D eigenvalue weighted by molar-refractivity contribution is 6.05. The third kappa shape index (κ3) is 4.65. The number of fused-ring (bicyclic) bond motifs is 5. The fourth-order valence-electron chi connectivity index (χ4n) is 6.01. The second-order valence-electron chi connectivity index (χ2n) is 10.4. The molecule has 0 saturated carbocycles. The minimum absolute atomic E-state index is 0.919. The van der Waals surface area contributed by atoms with E-state index < -0.39 is 0 Å². The maximum absolute atomic E-state index is 5.04. The summed E-state index contributed by atoms with van der Waals surface area (Å²) in [5.74, 6) is 0.926. The van der Waals surface area contributed by atoms with Crippen LogP contribution in [-0.4, -0.2) is 18.9 Å². The molecular formula is C40H36N4. The first kappa shape index (κ1) is 28.6. The van der Waals surface area contributed by atoms with Crippen LogP contribution in [0.3, 0.4) is 0 Å². The Bertz CT molecular complexity index is 2180. The van der Waals surface area contributed by atoms with Crippen LogP contribution >= 0.6 is 0 Å². The first-order valence-electron chi connectivity index (χ1n) is 15.1. The quantitative estimate of drug-likeness (QED) is 0.199. The van der Waals surface area contributed by atoms with E-state index in [2.05, 4.69) is 120 Å². The van der Waals surface area contributed by atoms with Crippen molar-refractivity contribution in [1.29, 1.82) is 0 Å². The van der Waals surface area contributed by atoms with E-state index in [-0.39, 0.29) is 0 Å². The zero-order valence-corrected chi connectivity index (χ0v) is 25.8. The smallest absolute Gasteiger partial charge is 0.146 e. The van der Waals surface area contributed by atoms with Crippen molar-refractivity contribution in [3.8, 4) is 28.2 Å². The Kier molecular flexibility index (Phi) is 7.82. The zero-order chi connectivity index (χ0) is 30.8. The first-order chi connectivity index (χ1) is 21.6. The van der Waals surface area contributed by atoms with Crippen LogP contribution in [-0.2, 0) is 0 Å². The SMILES string of the molecule is C=Cc1c(C=C)n2c3ccccc3nc2c2cc(-c3ccc(-c4nc(C)c(/C=C\C)n4-c4ccccc4)cc3)ccc12.CC. The number of rotatable bonds is 6. The number of aryl methyl sites for hydroxylation is 1. The number of hydrogen-bond donors (Lipinski definition) is 0. The highest BCUT2D eigenvalue weighted by Gasteiger charge is 2.18. The first-order valence-corrected chi connectivity index (χ1v) is 15.1. The van der Waals surface area contributed by atoms with Gasteiger partial charge in [-0.1, -0.05) is 106 Å². The lowest BCUT2D eigenvalue weighted by molar-refractivity contribution is 1.05. The lowest BCUT2D eigenvalue weighted by atomic mass is 9.97. The van der Waals surface area contributed by atoms with E-state index in [9.17, 15) is 0 Å². The van der Waals surface area contributed by atoms with Crippen molar-refractivity contribution in [2.24, 2.45) is 0 Å². The Morgan fingerprint density at radius 2 is 1.36 bits per heavy atom. The van der Waals surface area contributed by atoms with Crippen molar-refractivity contribution < 1.29 is 0 Å². The maximum Gasteiger partial charge on any atom is 0.146 e. The van der Waals surface area contributed by atoms with Gasteiger partial charge in [0.2, 0.25) is 0 Å². The number of aromatic nitrogens is 4. The fraction of sp³-hybridized carbons (Fsp3) is 0.100. The van der Waals surface area contributed by atoms with Gasteiger partial charge in [-0.15, -0.1) is 0 Å². The maximum atomic E-state index is 5.04. The summed E-state index contributed by atoms with van der Waals surface area (Å²) in [6, 6.07) is 33.9. The summed E-state index contributed by atoms with van der Waals surface area (Å²) in [4.78, 5) is 10.0. The molecule has 7 rings (SSSR count). The fourth-order valence-corrected chi connectivity index (χ4v) is 6.01. The molecule has 0 aliphatic carbocycles. The molecule has 0 unspecified atom stereocenters. The lowest BCUT2D eigenvalue weighted by Gasteiger charge is -2.14. The second kappa shape index (κ2) is 12.0. The Morgan fingerprint density at radius 3 is 2.07 bits per heavy atom. The molecule has 0 aliphatic rings. The van der Waals surface area contributed by atoms with Gasteiger partial charge in [-0.05, 0) is 72.8 Å². The normalized spacial score (nSPS) is 11.3. The third-order valence-corrected chi connectivity index (χ3v) is 7.94. The van der Waals surface area contributed by atoms with Gasteiger partial charge < -0.3 is 0 Å². The van der Waals surface area contributed by atoms with Crippen LogP contribution in [0.5, 0.6) is 0 Å². The van der Waals surface area contributed by atoms with Gasteiger partial charge in [0.15, 0.2) is 0 Å². The lowest BCUT2D eigenvalue weighted by Crippen LogP contribution is -2.00. The summed E-state index contributed by atoms with van der Waals surface area (Å²) in [6.45, 7) is 16.4. The van der Waals surface area contributed by atoms with E-state index in [1.807, 2.05) is 51.1 Å². The molecule has 4 nitrogen and oxygen atoms in total. The van der Waals surface area contributed by atoms with Crippen molar-refractivity contribution >= 4 is 45.7 Å². The minimum Gasteiger partial charge on any atom is -0.293 e. The number of imidazole rings is 2. The Balaban J connectivity index is 0.00000168. The molecule has 3 heterocycles. The van der Waals surface area contributed by atoms with Gasteiger partial charge in [-0.25, -0.2) is 9.97 Å². The Hall–Kier alpha value is -5.48. The molecule has 3 aromatic heterocycles. The minimum atomic E-state index is 0.919. The molecule has 0 aliphatic heterocycles. The van der Waals surface area contributed by atoms with Crippen molar-refractivity contribution in [2.75, 3.05) is 0 Å². The molecule has 0 saturated heterocycles. The Morgan fingerprint density at radius 1 is 0.682 bits per heavy atom. The zero-order valence-electron chi connectivity index (χ0n) is 25.8. The van der Waals surface area contributed by atoms with Gasteiger partial charge in [-0.3, -0.25) is 8.97 Å². The van der Waals surface area contributed by atoms with Gasteiger partial charge >= 0.3 is 0 Å². The van der Waals surface area contributed by atoms with Gasteiger partial charge in [-0.2, -0.15) is 0 Å². The molecule has 0 fully saturated rings. The van der Waals surface area contributed by atoms with E-state index >= 15 is 0 Å². The average molecular weight is 573 g/mol. The Labute approximate surface area is 259 Å². The van der Waals surface area contributed by atoms with Gasteiger partial charge in [0, 0.05) is 22.2 Å². The molecule has 44 heavy (non-hydrogen) atoms. The molecule has 7 aromatic rings. The van der Waals surface area contributed by atoms with Gasteiger partial charge in [0.05, 0.1) is 28.1 Å². The third-order valence-electron chi connectivity index (χ3n) is 7.94. The number of benzene rings is 4. The largest absolute Gasteiger partial charge is 0.293 e. The molecule has 4 aromatic carbocycles. The van der Waals surface area contributed by atoms with E-state index in [0.29, 0.717) is 0 Å². The molecular weight excluding hydrogens is 536 g/mol. The van der Waals surface area contributed by atoms with Crippen LogP contribution in [0.4, 0.5) is 0 Å². The van der Waals surface area contributed by atoms with Crippen molar-refractivity contribution in [2.45, 2.75) is 27.7 Å². The number of hydrogen-bond acceptors (Lipinski definition) is 2. The summed E-state index contributed by atoms with van der Waals surface area (Å²) in [6.07, 6.45) is 8.00. The monoisotopic (exact) mass is 572 g/mol. The predicted octanol–water partition coefficient (Wildman–Crippen LogP) is 10.8.